The predicted molar refractivity (Wildman–Crippen MR) is 74.1 cm³/mol. The zero-order chi connectivity index (χ0) is 11.6. The van der Waals surface area contributed by atoms with Crippen LogP contribution < -0.4 is 0 Å². The molecule has 1 saturated heterocycles. The lowest BCUT2D eigenvalue weighted by Crippen LogP contribution is -2.42. The Labute approximate surface area is 109 Å². The van der Waals surface area contributed by atoms with E-state index in [0.717, 1.165) is 12.0 Å². The minimum atomic E-state index is 0.594. The molecule has 1 nitrogen and oxygen atoms in total. The molecule has 2 rings (SSSR count). The van der Waals surface area contributed by atoms with E-state index in [1.807, 2.05) is 0 Å². The minimum absolute atomic E-state index is 0.594. The van der Waals surface area contributed by atoms with Crippen molar-refractivity contribution >= 4 is 15.9 Å². The van der Waals surface area contributed by atoms with Crippen molar-refractivity contribution < 1.29 is 0 Å². The highest BCUT2D eigenvalue weighted by Gasteiger charge is 2.36. The summed E-state index contributed by atoms with van der Waals surface area (Å²) in [6.45, 7) is 7.48. The Morgan fingerprint density at radius 1 is 1.19 bits per heavy atom. The van der Waals surface area contributed by atoms with E-state index in [1.54, 1.807) is 0 Å². The third kappa shape index (κ3) is 2.81. The maximum absolute atomic E-state index is 3.78. The summed E-state index contributed by atoms with van der Waals surface area (Å²) >= 11 is 3.78. The average molecular weight is 288 g/mol. The number of nitrogens with zero attached hydrogens (tertiary/aromatic N) is 1. The van der Waals surface area contributed by atoms with Gasteiger partial charge in [0.25, 0.3) is 0 Å². The molecule has 0 radical (unpaired) electrons. The predicted octanol–water partition coefficient (Wildman–Crippen LogP) is 4.06. The van der Waals surface area contributed by atoms with Crippen LogP contribution in [-0.2, 0) is 0 Å². The summed E-state index contributed by atoms with van der Waals surface area (Å²) in [5.41, 5.74) is 0.594. The molecule has 1 heterocycles. The molecule has 94 valence electrons. The first-order valence-electron chi connectivity index (χ1n) is 6.95. The highest BCUT2D eigenvalue weighted by atomic mass is 79.9. The topological polar surface area (TPSA) is 3.24 Å². The van der Waals surface area contributed by atoms with Gasteiger partial charge in [0.1, 0.15) is 0 Å². The largest absolute Gasteiger partial charge is 0.300 e. The van der Waals surface area contributed by atoms with Crippen LogP contribution in [0.5, 0.6) is 0 Å². The Bertz CT molecular complexity index is 223. The second-order valence-electron chi connectivity index (χ2n) is 6.31. The number of hydrogen-bond donors (Lipinski definition) is 0. The quantitative estimate of drug-likeness (QED) is 0.708. The summed E-state index contributed by atoms with van der Waals surface area (Å²) in [6.07, 6.45) is 8.64. The molecule has 0 spiro atoms. The average Bonchev–Trinajstić information content (AvgIpc) is 2.59. The van der Waals surface area contributed by atoms with Crippen LogP contribution in [0.3, 0.4) is 0 Å². The van der Waals surface area contributed by atoms with Crippen LogP contribution in [0.15, 0.2) is 0 Å². The van der Waals surface area contributed by atoms with Crippen LogP contribution >= 0.6 is 15.9 Å². The third-order valence-electron chi connectivity index (χ3n) is 4.65. The first-order valence-corrected chi connectivity index (χ1v) is 8.07. The van der Waals surface area contributed by atoms with Crippen LogP contribution in [0.1, 0.15) is 52.4 Å². The van der Waals surface area contributed by atoms with Crippen molar-refractivity contribution in [2.45, 2.75) is 58.4 Å². The lowest BCUT2D eigenvalue weighted by atomic mass is 9.75. The second kappa shape index (κ2) is 5.39. The van der Waals surface area contributed by atoms with Crippen LogP contribution in [0, 0.1) is 11.3 Å². The van der Waals surface area contributed by atoms with E-state index in [1.165, 1.54) is 56.9 Å². The highest BCUT2D eigenvalue weighted by molar-refractivity contribution is 9.09. The zero-order valence-electron chi connectivity index (χ0n) is 10.8. The van der Waals surface area contributed by atoms with E-state index in [4.69, 9.17) is 0 Å². The Morgan fingerprint density at radius 2 is 1.88 bits per heavy atom. The van der Waals surface area contributed by atoms with Crippen LogP contribution in [0.25, 0.3) is 0 Å². The molecule has 0 aromatic rings. The molecule has 0 aromatic carbocycles. The molecular weight excluding hydrogens is 262 g/mol. The summed E-state index contributed by atoms with van der Waals surface area (Å²) in [5.74, 6) is 0.908. The van der Waals surface area contributed by atoms with Crippen molar-refractivity contribution in [2.75, 3.05) is 18.4 Å². The Kier molecular flexibility index (Phi) is 4.34. The van der Waals surface area contributed by atoms with Crippen molar-refractivity contribution in [3.63, 3.8) is 0 Å². The number of halogens is 1. The lowest BCUT2D eigenvalue weighted by molar-refractivity contribution is 0.121. The van der Waals surface area contributed by atoms with E-state index >= 15 is 0 Å². The second-order valence-corrected chi connectivity index (χ2v) is 6.87. The first kappa shape index (κ1) is 12.9. The van der Waals surface area contributed by atoms with Crippen molar-refractivity contribution in [1.29, 1.82) is 0 Å². The minimum Gasteiger partial charge on any atom is -0.300 e. The standard InChI is InChI=1S/C14H26BrN/c1-12-8-13(2)16(9-12)11-14(10-15)6-4-3-5-7-14/h12-13H,3-11H2,1-2H3. The van der Waals surface area contributed by atoms with Crippen molar-refractivity contribution in [2.24, 2.45) is 11.3 Å². The molecule has 2 atom stereocenters. The highest BCUT2D eigenvalue weighted by Crippen LogP contribution is 2.40. The summed E-state index contributed by atoms with van der Waals surface area (Å²) in [5, 5.41) is 1.21. The number of likely N-dealkylation sites (tertiary alicyclic amines) is 1. The fourth-order valence-corrected chi connectivity index (χ4v) is 4.41. The Hall–Kier alpha value is 0.440. The Morgan fingerprint density at radius 3 is 2.38 bits per heavy atom. The van der Waals surface area contributed by atoms with Gasteiger partial charge >= 0.3 is 0 Å². The molecule has 0 N–H and O–H groups in total. The summed E-state index contributed by atoms with van der Waals surface area (Å²) in [7, 11) is 0. The van der Waals surface area contributed by atoms with Gasteiger partial charge in [0.2, 0.25) is 0 Å². The molecule has 2 aliphatic rings. The number of rotatable bonds is 3. The smallest absolute Gasteiger partial charge is 0.0100 e. The normalized spacial score (nSPS) is 35.4. The van der Waals surface area contributed by atoms with Crippen molar-refractivity contribution in [3.05, 3.63) is 0 Å². The van der Waals surface area contributed by atoms with E-state index in [0.29, 0.717) is 5.41 Å². The van der Waals surface area contributed by atoms with E-state index in [2.05, 4.69) is 34.7 Å². The molecule has 0 bridgehead atoms. The molecule has 2 unspecified atom stereocenters. The molecule has 1 aliphatic heterocycles. The van der Waals surface area contributed by atoms with E-state index in [-0.39, 0.29) is 0 Å². The summed E-state index contributed by atoms with van der Waals surface area (Å²) in [6, 6.07) is 0.813. The Balaban J connectivity index is 1.95. The van der Waals surface area contributed by atoms with Gasteiger partial charge in [0, 0.05) is 24.5 Å². The molecule has 1 saturated carbocycles. The number of alkyl halides is 1. The van der Waals surface area contributed by atoms with Gasteiger partial charge in [0.05, 0.1) is 0 Å². The van der Waals surface area contributed by atoms with Gasteiger partial charge < -0.3 is 0 Å². The van der Waals surface area contributed by atoms with Gasteiger partial charge in [-0.15, -0.1) is 0 Å². The summed E-state index contributed by atoms with van der Waals surface area (Å²) in [4.78, 5) is 2.75. The maximum atomic E-state index is 3.78. The molecule has 0 aromatic heterocycles. The molecular formula is C14H26BrN. The van der Waals surface area contributed by atoms with Crippen molar-refractivity contribution in [1.82, 2.24) is 4.90 Å². The van der Waals surface area contributed by atoms with Crippen LogP contribution in [0.2, 0.25) is 0 Å². The molecule has 0 amide bonds. The fraction of sp³-hybridized carbons (Fsp3) is 1.00. The van der Waals surface area contributed by atoms with Crippen molar-refractivity contribution in [3.8, 4) is 0 Å². The molecule has 2 fully saturated rings. The van der Waals surface area contributed by atoms with Crippen LogP contribution in [0.4, 0.5) is 0 Å². The first-order chi connectivity index (χ1) is 7.65. The zero-order valence-corrected chi connectivity index (χ0v) is 12.4. The van der Waals surface area contributed by atoms with Crippen LogP contribution in [-0.4, -0.2) is 29.4 Å². The van der Waals surface area contributed by atoms with Gasteiger partial charge in [-0.1, -0.05) is 42.1 Å². The monoisotopic (exact) mass is 287 g/mol. The van der Waals surface area contributed by atoms with E-state index < -0.39 is 0 Å². The summed E-state index contributed by atoms with van der Waals surface area (Å²) < 4.78 is 0. The van der Waals surface area contributed by atoms with E-state index in [9.17, 15) is 0 Å². The molecule has 2 heteroatoms. The molecule has 16 heavy (non-hydrogen) atoms. The lowest BCUT2D eigenvalue weighted by Gasteiger charge is -2.40. The number of hydrogen-bond acceptors (Lipinski definition) is 1. The van der Waals surface area contributed by atoms with Gasteiger partial charge in [-0.3, -0.25) is 4.90 Å². The maximum Gasteiger partial charge on any atom is 0.0100 e. The van der Waals surface area contributed by atoms with Gasteiger partial charge in [0.15, 0.2) is 0 Å². The van der Waals surface area contributed by atoms with Gasteiger partial charge in [-0.05, 0) is 37.5 Å². The fourth-order valence-electron chi connectivity index (χ4n) is 3.67. The molecule has 1 aliphatic carbocycles. The van der Waals surface area contributed by atoms with Gasteiger partial charge in [-0.25, -0.2) is 0 Å². The van der Waals surface area contributed by atoms with Gasteiger partial charge in [-0.2, -0.15) is 0 Å². The third-order valence-corrected chi connectivity index (χ3v) is 5.84. The SMILES string of the molecule is CC1CC(C)N(CC2(CBr)CCCCC2)C1.